The van der Waals surface area contributed by atoms with Crippen LogP contribution in [0, 0.1) is 22.7 Å². The van der Waals surface area contributed by atoms with Gasteiger partial charge in [0, 0.05) is 24.0 Å². The third-order valence-electron chi connectivity index (χ3n) is 8.08. The van der Waals surface area contributed by atoms with Crippen molar-refractivity contribution in [2.45, 2.75) is 77.3 Å². The van der Waals surface area contributed by atoms with Crippen molar-refractivity contribution in [2.75, 3.05) is 7.11 Å². The number of esters is 2. The van der Waals surface area contributed by atoms with Crippen molar-refractivity contribution in [1.29, 1.82) is 0 Å². The van der Waals surface area contributed by atoms with Crippen molar-refractivity contribution in [3.8, 4) is 0 Å². The zero-order valence-corrected chi connectivity index (χ0v) is 16.6. The summed E-state index contributed by atoms with van der Waals surface area (Å²) < 4.78 is 16.0. The lowest BCUT2D eigenvalue weighted by Gasteiger charge is -2.61. The van der Waals surface area contributed by atoms with Crippen LogP contribution in [0.25, 0.3) is 0 Å². The summed E-state index contributed by atoms with van der Waals surface area (Å²) in [6.07, 6.45) is 5.11. The second-order valence-corrected chi connectivity index (χ2v) is 9.37. The van der Waals surface area contributed by atoms with E-state index in [1.165, 1.54) is 7.11 Å². The molecule has 0 bridgehead atoms. The van der Waals surface area contributed by atoms with Gasteiger partial charge in [-0.3, -0.25) is 4.79 Å². The first-order valence-corrected chi connectivity index (χ1v) is 10.0. The van der Waals surface area contributed by atoms with Crippen molar-refractivity contribution < 1.29 is 28.9 Å². The standard InChI is InChI=1S/C21H30O6/c1-12-10-14-16-19(2,18(23)26-14)7-5-8-20(16,3)21(12,24)9-6-13-11-15(25-4)27-17(13)22/h11-12,14-16,24H,5-10H2,1-4H3/t12-,14-,15+,16?,19+,20+,21-/m1/s1. The third kappa shape index (κ3) is 2.45. The largest absolute Gasteiger partial charge is 0.462 e. The molecular formula is C21H30O6. The predicted molar refractivity (Wildman–Crippen MR) is 96.4 cm³/mol. The van der Waals surface area contributed by atoms with Crippen molar-refractivity contribution in [1.82, 2.24) is 0 Å². The van der Waals surface area contributed by atoms with Crippen molar-refractivity contribution in [2.24, 2.45) is 22.7 Å². The topological polar surface area (TPSA) is 82.1 Å². The molecule has 1 unspecified atom stereocenters. The fraction of sp³-hybridized carbons (Fsp3) is 0.810. The van der Waals surface area contributed by atoms with Crippen molar-refractivity contribution >= 4 is 11.9 Å². The lowest BCUT2D eigenvalue weighted by Crippen LogP contribution is -2.65. The zero-order chi connectivity index (χ0) is 19.6. The number of cyclic esters (lactones) is 1. The van der Waals surface area contributed by atoms with Gasteiger partial charge in [-0.15, -0.1) is 0 Å². The van der Waals surface area contributed by atoms with E-state index in [1.807, 2.05) is 13.8 Å². The number of aliphatic hydroxyl groups is 1. The summed E-state index contributed by atoms with van der Waals surface area (Å²) in [6, 6.07) is 0. The van der Waals surface area contributed by atoms with Crippen LogP contribution in [-0.4, -0.2) is 42.1 Å². The van der Waals surface area contributed by atoms with Gasteiger partial charge in [-0.05, 0) is 51.0 Å². The highest BCUT2D eigenvalue weighted by molar-refractivity contribution is 5.90. The number of ether oxygens (including phenoxy) is 3. The molecule has 1 N–H and O–H groups in total. The Balaban J connectivity index is 1.63. The first kappa shape index (κ1) is 18.9. The summed E-state index contributed by atoms with van der Waals surface area (Å²) in [5.41, 5.74) is -1.34. The maximum Gasteiger partial charge on any atom is 0.336 e. The van der Waals surface area contributed by atoms with E-state index in [2.05, 4.69) is 6.92 Å². The van der Waals surface area contributed by atoms with E-state index in [0.717, 1.165) is 19.3 Å². The van der Waals surface area contributed by atoms with Crippen LogP contribution in [0.2, 0.25) is 0 Å². The molecule has 3 fully saturated rings. The number of methoxy groups -OCH3 is 1. The molecule has 6 heteroatoms. The van der Waals surface area contributed by atoms with Gasteiger partial charge in [0.15, 0.2) is 0 Å². The fourth-order valence-corrected chi connectivity index (χ4v) is 6.61. The summed E-state index contributed by atoms with van der Waals surface area (Å²) in [6.45, 7) is 6.17. The van der Waals surface area contributed by atoms with Crippen LogP contribution in [0.15, 0.2) is 11.6 Å². The van der Waals surface area contributed by atoms with Gasteiger partial charge in [-0.2, -0.15) is 0 Å². The monoisotopic (exact) mass is 378 g/mol. The van der Waals surface area contributed by atoms with Crippen LogP contribution in [0.3, 0.4) is 0 Å². The number of carbonyl (C=O) groups is 2. The van der Waals surface area contributed by atoms with Gasteiger partial charge in [0.1, 0.15) is 6.10 Å². The summed E-state index contributed by atoms with van der Waals surface area (Å²) in [7, 11) is 1.50. The van der Waals surface area contributed by atoms with Crippen molar-refractivity contribution in [3.05, 3.63) is 11.6 Å². The van der Waals surface area contributed by atoms with E-state index in [-0.39, 0.29) is 29.9 Å². The van der Waals surface area contributed by atoms with Crippen LogP contribution >= 0.6 is 0 Å². The van der Waals surface area contributed by atoms with Gasteiger partial charge in [0.2, 0.25) is 6.29 Å². The predicted octanol–water partition coefficient (Wildman–Crippen LogP) is 2.73. The minimum atomic E-state index is -0.962. The highest BCUT2D eigenvalue weighted by atomic mass is 16.7. The molecule has 0 amide bonds. The smallest absolute Gasteiger partial charge is 0.336 e. The van der Waals surface area contributed by atoms with E-state index in [4.69, 9.17) is 14.2 Å². The average Bonchev–Trinajstić information content (AvgIpc) is 3.09. The molecule has 4 aliphatic rings. The molecule has 2 saturated carbocycles. The van der Waals surface area contributed by atoms with Gasteiger partial charge >= 0.3 is 11.9 Å². The van der Waals surface area contributed by atoms with Crippen LogP contribution in [-0.2, 0) is 23.8 Å². The molecule has 6 nitrogen and oxygen atoms in total. The minimum absolute atomic E-state index is 0.0173. The van der Waals surface area contributed by atoms with Gasteiger partial charge in [0.05, 0.1) is 11.0 Å². The van der Waals surface area contributed by atoms with Crippen LogP contribution in [0.4, 0.5) is 0 Å². The number of hydrogen-bond acceptors (Lipinski definition) is 6. The van der Waals surface area contributed by atoms with E-state index < -0.39 is 22.7 Å². The summed E-state index contributed by atoms with van der Waals surface area (Å²) in [5.74, 6) is -0.480. The first-order valence-electron chi connectivity index (χ1n) is 10.0. The zero-order valence-electron chi connectivity index (χ0n) is 16.6. The van der Waals surface area contributed by atoms with E-state index in [1.54, 1.807) is 6.08 Å². The van der Waals surface area contributed by atoms with Gasteiger partial charge in [-0.25, -0.2) is 4.79 Å². The van der Waals surface area contributed by atoms with Gasteiger partial charge in [-0.1, -0.05) is 20.3 Å². The Morgan fingerprint density at radius 2 is 2.00 bits per heavy atom. The molecule has 2 heterocycles. The summed E-state index contributed by atoms with van der Waals surface area (Å²) in [5, 5.41) is 12.0. The molecule has 2 aliphatic heterocycles. The van der Waals surface area contributed by atoms with Crippen molar-refractivity contribution in [3.63, 3.8) is 0 Å². The SMILES string of the molecule is CO[C@@H]1C=C(CC[C@@]2(O)[C@H](C)C[C@H]3OC(=O)[C@@]4(C)CCC[C@@]2(C)C34)C(=O)O1. The molecular weight excluding hydrogens is 348 g/mol. The van der Waals surface area contributed by atoms with Crippen LogP contribution in [0.1, 0.15) is 59.3 Å². The molecule has 0 spiro atoms. The normalized spacial score (nSPS) is 48.7. The molecule has 0 aromatic rings. The van der Waals surface area contributed by atoms with Gasteiger partial charge in [0.25, 0.3) is 0 Å². The Kier molecular flexibility index (Phi) is 4.24. The second-order valence-electron chi connectivity index (χ2n) is 9.37. The van der Waals surface area contributed by atoms with Gasteiger partial charge < -0.3 is 19.3 Å². The maximum atomic E-state index is 12.6. The van der Waals surface area contributed by atoms with Crippen LogP contribution < -0.4 is 0 Å². The highest BCUT2D eigenvalue weighted by Crippen LogP contribution is 2.67. The Morgan fingerprint density at radius 1 is 1.26 bits per heavy atom. The quantitative estimate of drug-likeness (QED) is 0.758. The Morgan fingerprint density at radius 3 is 2.67 bits per heavy atom. The highest BCUT2D eigenvalue weighted by Gasteiger charge is 2.71. The maximum absolute atomic E-state index is 12.6. The van der Waals surface area contributed by atoms with E-state index in [9.17, 15) is 14.7 Å². The molecule has 7 atom stereocenters. The number of rotatable bonds is 4. The van der Waals surface area contributed by atoms with Crippen LogP contribution in [0.5, 0.6) is 0 Å². The molecule has 0 aromatic heterocycles. The third-order valence-corrected chi connectivity index (χ3v) is 8.08. The van der Waals surface area contributed by atoms with E-state index >= 15 is 0 Å². The minimum Gasteiger partial charge on any atom is -0.462 e. The summed E-state index contributed by atoms with van der Waals surface area (Å²) in [4.78, 5) is 24.7. The summed E-state index contributed by atoms with van der Waals surface area (Å²) >= 11 is 0. The van der Waals surface area contributed by atoms with E-state index in [0.29, 0.717) is 24.8 Å². The average molecular weight is 378 g/mol. The molecule has 0 aromatic carbocycles. The fourth-order valence-electron chi connectivity index (χ4n) is 6.61. The first-order chi connectivity index (χ1) is 12.7. The molecule has 150 valence electrons. The lowest BCUT2D eigenvalue weighted by atomic mass is 9.44. The second kappa shape index (κ2) is 6.05. The number of hydrogen-bond donors (Lipinski definition) is 1. The molecule has 1 saturated heterocycles. The number of carbonyl (C=O) groups excluding carboxylic acids is 2. The molecule has 0 radical (unpaired) electrons. The Bertz CT molecular complexity index is 701. The molecule has 4 rings (SSSR count). The Hall–Kier alpha value is -1.40. The molecule has 2 aliphatic carbocycles. The lowest BCUT2D eigenvalue weighted by molar-refractivity contribution is -0.217. The Labute approximate surface area is 160 Å². The molecule has 27 heavy (non-hydrogen) atoms.